The summed E-state index contributed by atoms with van der Waals surface area (Å²) in [4.78, 5) is 34.2. The third-order valence-electron chi connectivity index (χ3n) is 1.46. The smallest absolute Gasteiger partial charge is 0.394 e. The Morgan fingerprint density at radius 2 is 1.35 bits per heavy atom. The van der Waals surface area contributed by atoms with Crippen molar-refractivity contribution in [3.63, 3.8) is 0 Å². The number of rotatable bonds is 9. The number of hydrogen-bond donors (Lipinski definition) is 7. The number of aliphatic hydroxyl groups excluding tert-OH is 3. The van der Waals surface area contributed by atoms with Gasteiger partial charge in [-0.05, 0) is 0 Å². The maximum atomic E-state index is 11.1. The van der Waals surface area contributed by atoms with Gasteiger partial charge in [-0.1, -0.05) is 0 Å². The van der Waals surface area contributed by atoms with E-state index in [1.165, 1.54) is 0 Å². The summed E-state index contributed by atoms with van der Waals surface area (Å²) < 4.78 is 43.0. The zero-order chi connectivity index (χ0) is 16.2. The first-order valence-electron chi connectivity index (χ1n) is 4.53. The first-order valence-corrected chi connectivity index (χ1v) is 9.05. The molecule has 16 heteroatoms. The van der Waals surface area contributed by atoms with Gasteiger partial charge in [-0.15, -0.1) is 0 Å². The highest BCUT2D eigenvalue weighted by molar-refractivity contribution is 7.66. The lowest BCUT2D eigenvalue weighted by molar-refractivity contribution is -0.0380. The summed E-state index contributed by atoms with van der Waals surface area (Å²) in [6, 6.07) is 0. The Hall–Kier alpha value is 0.290. The lowest BCUT2D eigenvalue weighted by atomic mass is 10.2. The van der Waals surface area contributed by atoms with Crippen LogP contribution >= 0.6 is 23.5 Å². The van der Waals surface area contributed by atoms with Crippen LogP contribution in [0.5, 0.6) is 0 Å². The normalized spacial score (nSPS) is 21.8. The molecule has 0 spiro atoms. The van der Waals surface area contributed by atoms with Gasteiger partial charge in [0.2, 0.25) is 0 Å². The third kappa shape index (κ3) is 9.27. The molecule has 0 saturated carbocycles. The standard InChI is InChI=1S/C4H13O13P3/c5-1-3(6)4(7)2-15-19(11,12)17-20(13,14)16-18(8,9)10/h3-7H,1-2H2,(H,11,12)(H,13,14)(H2,8,9,10)/t3-,4-/m1/s1. The van der Waals surface area contributed by atoms with Gasteiger partial charge in [0.15, 0.2) is 0 Å². The summed E-state index contributed by atoms with van der Waals surface area (Å²) in [6.45, 7) is -1.99. The second-order valence-electron chi connectivity index (χ2n) is 3.20. The summed E-state index contributed by atoms with van der Waals surface area (Å²) >= 11 is 0. The molecule has 0 radical (unpaired) electrons. The van der Waals surface area contributed by atoms with Crippen LogP contribution in [-0.4, -0.2) is 60.3 Å². The minimum atomic E-state index is -5.62. The predicted molar refractivity (Wildman–Crippen MR) is 58.9 cm³/mol. The molecule has 122 valence electrons. The van der Waals surface area contributed by atoms with Gasteiger partial charge in [-0.2, -0.15) is 8.62 Å². The first kappa shape index (κ1) is 20.3. The molecule has 0 aromatic carbocycles. The van der Waals surface area contributed by atoms with Crippen LogP contribution < -0.4 is 0 Å². The fourth-order valence-electron chi connectivity index (χ4n) is 0.707. The fraction of sp³-hybridized carbons (Fsp3) is 1.00. The highest BCUT2D eigenvalue weighted by Gasteiger charge is 2.41. The summed E-state index contributed by atoms with van der Waals surface area (Å²) in [6.07, 6.45) is -3.55. The van der Waals surface area contributed by atoms with Crippen LogP contribution in [0.15, 0.2) is 0 Å². The van der Waals surface area contributed by atoms with Crippen molar-refractivity contribution < 1.29 is 61.7 Å². The van der Waals surface area contributed by atoms with Crippen molar-refractivity contribution in [2.75, 3.05) is 13.2 Å². The van der Waals surface area contributed by atoms with Crippen molar-refractivity contribution >= 4 is 23.5 Å². The van der Waals surface area contributed by atoms with E-state index in [4.69, 9.17) is 34.9 Å². The molecule has 20 heavy (non-hydrogen) atoms. The molecule has 0 aliphatic rings. The van der Waals surface area contributed by atoms with Crippen LogP contribution in [0, 0.1) is 0 Å². The van der Waals surface area contributed by atoms with E-state index < -0.39 is 48.9 Å². The minimum absolute atomic E-state index is 0.902. The van der Waals surface area contributed by atoms with E-state index in [2.05, 4.69) is 13.1 Å². The van der Waals surface area contributed by atoms with E-state index in [0.29, 0.717) is 0 Å². The molecular weight excluding hydrogens is 349 g/mol. The maximum absolute atomic E-state index is 11.1. The fourth-order valence-corrected chi connectivity index (χ4v) is 3.74. The molecule has 0 rings (SSSR count). The molecule has 4 atom stereocenters. The first-order chi connectivity index (χ1) is 8.78. The quantitative estimate of drug-likeness (QED) is 0.222. The molecule has 0 aliphatic carbocycles. The predicted octanol–water partition coefficient (Wildman–Crippen LogP) is -1.96. The van der Waals surface area contributed by atoms with Crippen molar-refractivity contribution in [2.45, 2.75) is 12.2 Å². The van der Waals surface area contributed by atoms with Gasteiger partial charge in [0, 0.05) is 0 Å². The lowest BCUT2D eigenvalue weighted by Gasteiger charge is -2.19. The number of hydrogen-bond acceptors (Lipinski definition) is 9. The van der Waals surface area contributed by atoms with E-state index >= 15 is 0 Å². The topological polar surface area (TPSA) is 221 Å². The van der Waals surface area contributed by atoms with Crippen molar-refractivity contribution in [1.29, 1.82) is 0 Å². The zero-order valence-electron chi connectivity index (χ0n) is 9.49. The van der Waals surface area contributed by atoms with Crippen molar-refractivity contribution in [3.8, 4) is 0 Å². The Morgan fingerprint density at radius 3 is 1.75 bits per heavy atom. The number of phosphoric acid groups is 3. The van der Waals surface area contributed by atoms with Gasteiger partial charge in [0.1, 0.15) is 12.2 Å². The van der Waals surface area contributed by atoms with Crippen molar-refractivity contribution in [2.24, 2.45) is 0 Å². The second-order valence-corrected chi connectivity index (χ2v) is 7.62. The van der Waals surface area contributed by atoms with Crippen LogP contribution in [0.3, 0.4) is 0 Å². The minimum Gasteiger partial charge on any atom is -0.394 e. The SMILES string of the molecule is O=P(O)(O)OP(=O)(O)OP(=O)(O)OC[C@@H](O)[C@H](O)CO. The number of phosphoric ester groups is 1. The van der Waals surface area contributed by atoms with E-state index in [9.17, 15) is 13.7 Å². The lowest BCUT2D eigenvalue weighted by Crippen LogP contribution is -2.33. The Bertz CT molecular complexity index is 441. The van der Waals surface area contributed by atoms with E-state index in [0.717, 1.165) is 0 Å². The van der Waals surface area contributed by atoms with Gasteiger partial charge in [-0.25, -0.2) is 13.7 Å². The molecule has 0 fully saturated rings. The van der Waals surface area contributed by atoms with Gasteiger partial charge in [-0.3, -0.25) is 4.52 Å². The summed E-state index contributed by atoms with van der Waals surface area (Å²) in [5.41, 5.74) is 0. The number of aliphatic hydroxyl groups is 3. The zero-order valence-corrected chi connectivity index (χ0v) is 12.2. The molecule has 0 amide bonds. The molecule has 0 aromatic heterocycles. The molecule has 0 saturated heterocycles. The van der Waals surface area contributed by atoms with Gasteiger partial charge >= 0.3 is 23.5 Å². The summed E-state index contributed by atoms with van der Waals surface area (Å²) in [7, 11) is -16.4. The Labute approximate surface area is 111 Å². The molecule has 0 bridgehead atoms. The molecule has 0 aliphatic heterocycles. The second kappa shape index (κ2) is 7.52. The molecule has 2 unspecified atom stereocenters. The monoisotopic (exact) mass is 362 g/mol. The molecule has 0 heterocycles. The molecule has 0 aromatic rings. The van der Waals surface area contributed by atoms with Crippen molar-refractivity contribution in [1.82, 2.24) is 0 Å². The summed E-state index contributed by atoms with van der Waals surface area (Å²) in [5, 5.41) is 26.4. The highest BCUT2D eigenvalue weighted by Crippen LogP contribution is 2.66. The molecular formula is C4H13O13P3. The molecule has 7 N–H and O–H groups in total. The average Bonchev–Trinajstić information content (AvgIpc) is 2.19. The third-order valence-corrected chi connectivity index (χ3v) is 5.26. The van der Waals surface area contributed by atoms with Crippen LogP contribution in [0.2, 0.25) is 0 Å². The molecule has 13 nitrogen and oxygen atoms in total. The van der Waals surface area contributed by atoms with E-state index in [1.54, 1.807) is 0 Å². The van der Waals surface area contributed by atoms with E-state index in [1.807, 2.05) is 0 Å². The van der Waals surface area contributed by atoms with Crippen LogP contribution in [0.25, 0.3) is 0 Å². The van der Waals surface area contributed by atoms with Gasteiger partial charge < -0.3 is 34.9 Å². The Morgan fingerprint density at radius 1 is 0.850 bits per heavy atom. The average molecular weight is 362 g/mol. The largest absolute Gasteiger partial charge is 0.490 e. The van der Waals surface area contributed by atoms with Crippen LogP contribution in [0.4, 0.5) is 0 Å². The highest BCUT2D eigenvalue weighted by atomic mass is 31.3. The summed E-state index contributed by atoms with van der Waals surface area (Å²) in [5.74, 6) is 0. The Kier molecular flexibility index (Phi) is 7.63. The van der Waals surface area contributed by atoms with Gasteiger partial charge in [0.25, 0.3) is 0 Å². The Balaban J connectivity index is 4.56. The van der Waals surface area contributed by atoms with Crippen molar-refractivity contribution in [3.05, 3.63) is 0 Å². The van der Waals surface area contributed by atoms with Crippen LogP contribution in [0.1, 0.15) is 0 Å². The van der Waals surface area contributed by atoms with E-state index in [-0.39, 0.29) is 0 Å². The van der Waals surface area contributed by atoms with Crippen LogP contribution in [-0.2, 0) is 26.8 Å². The van der Waals surface area contributed by atoms with Gasteiger partial charge in [0.05, 0.1) is 13.2 Å². The maximum Gasteiger partial charge on any atom is 0.490 e.